The van der Waals surface area contributed by atoms with E-state index in [0.717, 1.165) is 11.4 Å². The highest BCUT2D eigenvalue weighted by molar-refractivity contribution is 7.98. The maximum Gasteiger partial charge on any atom is 0.273 e. The molecule has 0 radical (unpaired) electrons. The number of benzene rings is 2. The molecule has 0 N–H and O–H groups in total. The molecule has 4 aromatic rings. The number of aromatic nitrogens is 3. The number of hydrogen-bond donors (Lipinski definition) is 0. The van der Waals surface area contributed by atoms with Crippen LogP contribution in [-0.4, -0.2) is 14.1 Å². The van der Waals surface area contributed by atoms with E-state index in [1.54, 1.807) is 23.4 Å². The highest BCUT2D eigenvalue weighted by atomic mass is 32.2. The average molecular weight is 412 g/mol. The van der Waals surface area contributed by atoms with Gasteiger partial charge in [-0.15, -0.1) is 0 Å². The van der Waals surface area contributed by atoms with Gasteiger partial charge in [0.1, 0.15) is 4.70 Å². The van der Waals surface area contributed by atoms with Crippen molar-refractivity contribution in [3.8, 4) is 5.69 Å². The fourth-order valence-electron chi connectivity index (χ4n) is 2.86. The van der Waals surface area contributed by atoms with E-state index in [4.69, 9.17) is 17.2 Å². The molecular weight excluding hydrogens is 394 g/mol. The topological polar surface area (TPSA) is 39.8 Å². The van der Waals surface area contributed by atoms with Gasteiger partial charge >= 0.3 is 0 Å². The zero-order valence-corrected chi connectivity index (χ0v) is 17.3. The van der Waals surface area contributed by atoms with Crippen LogP contribution >= 0.6 is 35.3 Å². The summed E-state index contributed by atoms with van der Waals surface area (Å²) in [6.45, 7) is 2.09. The SMILES string of the molecule is Cc1ccccc1CSc1nc2c(sc(=S)n2-c2ccccc2)c(=O)n1C. The number of fused-ring (bicyclic) bond motifs is 1. The first-order chi connectivity index (χ1) is 13.1. The van der Waals surface area contributed by atoms with Crippen LogP contribution < -0.4 is 5.56 Å². The van der Waals surface area contributed by atoms with Gasteiger partial charge in [0.2, 0.25) is 0 Å². The predicted octanol–water partition coefficient (Wildman–Crippen LogP) is 5.12. The molecule has 0 aliphatic rings. The lowest BCUT2D eigenvalue weighted by Gasteiger charge is -2.10. The highest BCUT2D eigenvalue weighted by Gasteiger charge is 2.16. The van der Waals surface area contributed by atoms with Gasteiger partial charge in [0.05, 0.1) is 0 Å². The number of hydrogen-bond acceptors (Lipinski definition) is 5. The fraction of sp³-hybridized carbons (Fsp3) is 0.150. The van der Waals surface area contributed by atoms with Crippen molar-refractivity contribution in [1.29, 1.82) is 0 Å². The van der Waals surface area contributed by atoms with E-state index in [0.29, 0.717) is 19.5 Å². The Hall–Kier alpha value is -2.22. The van der Waals surface area contributed by atoms with Crippen molar-refractivity contribution in [2.75, 3.05) is 0 Å². The van der Waals surface area contributed by atoms with E-state index in [1.807, 2.05) is 47.0 Å². The van der Waals surface area contributed by atoms with Crippen molar-refractivity contribution < 1.29 is 0 Å². The fourth-order valence-corrected chi connectivity index (χ4v) is 5.25. The summed E-state index contributed by atoms with van der Waals surface area (Å²) in [4.78, 5) is 17.7. The van der Waals surface area contributed by atoms with E-state index in [2.05, 4.69) is 19.1 Å². The van der Waals surface area contributed by atoms with E-state index < -0.39 is 0 Å². The minimum atomic E-state index is -0.0573. The molecule has 0 unspecified atom stereocenters. The van der Waals surface area contributed by atoms with Crippen molar-refractivity contribution in [3.63, 3.8) is 0 Å². The van der Waals surface area contributed by atoms with E-state index >= 15 is 0 Å². The van der Waals surface area contributed by atoms with Gasteiger partial charge in [-0.05, 0) is 42.4 Å². The number of rotatable bonds is 4. The van der Waals surface area contributed by atoms with Gasteiger partial charge in [-0.2, -0.15) is 0 Å². The second kappa shape index (κ2) is 7.42. The van der Waals surface area contributed by atoms with E-state index in [1.165, 1.54) is 22.5 Å². The minimum absolute atomic E-state index is 0.0573. The van der Waals surface area contributed by atoms with Gasteiger partial charge in [-0.25, -0.2) is 4.98 Å². The van der Waals surface area contributed by atoms with Crippen molar-refractivity contribution in [3.05, 3.63) is 80.0 Å². The molecule has 2 heterocycles. The smallest absolute Gasteiger partial charge is 0.273 e. The molecule has 2 aromatic heterocycles. The van der Waals surface area contributed by atoms with E-state index in [-0.39, 0.29) is 5.56 Å². The normalized spacial score (nSPS) is 11.2. The van der Waals surface area contributed by atoms with Gasteiger partial charge in [-0.1, -0.05) is 65.6 Å². The molecule has 0 aliphatic heterocycles. The maximum absolute atomic E-state index is 12.9. The summed E-state index contributed by atoms with van der Waals surface area (Å²) in [5.74, 6) is 0.759. The van der Waals surface area contributed by atoms with Crippen LogP contribution in [0.25, 0.3) is 16.0 Å². The second-order valence-corrected chi connectivity index (χ2v) is 8.75. The molecule has 0 saturated carbocycles. The lowest BCUT2D eigenvalue weighted by Crippen LogP contribution is -2.19. The molecule has 0 fully saturated rings. The molecule has 7 heteroatoms. The molecule has 0 amide bonds. The molecule has 136 valence electrons. The summed E-state index contributed by atoms with van der Waals surface area (Å²) in [7, 11) is 1.77. The lowest BCUT2D eigenvalue weighted by molar-refractivity contribution is 0.722. The summed E-state index contributed by atoms with van der Waals surface area (Å²) in [5, 5.41) is 0.688. The first-order valence-electron chi connectivity index (χ1n) is 8.41. The Balaban J connectivity index is 1.83. The first kappa shape index (κ1) is 18.2. The van der Waals surface area contributed by atoms with Gasteiger partial charge in [0.25, 0.3) is 5.56 Å². The van der Waals surface area contributed by atoms with Crippen LogP contribution in [0.15, 0.2) is 64.5 Å². The third-order valence-corrected chi connectivity index (χ3v) is 6.84. The standard InChI is InChI=1S/C20H17N3OS3/c1-13-8-6-7-9-14(13)12-26-19-21-17-16(18(24)22(19)2)27-20(25)23(17)15-10-4-3-5-11-15/h3-11H,12H2,1-2H3. The summed E-state index contributed by atoms with van der Waals surface area (Å²) >= 11 is 8.40. The summed E-state index contributed by atoms with van der Waals surface area (Å²) in [6.07, 6.45) is 0. The Kier molecular flexibility index (Phi) is 4.99. The molecule has 0 atom stereocenters. The van der Waals surface area contributed by atoms with Crippen molar-refractivity contribution >= 4 is 45.7 Å². The van der Waals surface area contributed by atoms with Crippen LogP contribution in [0.2, 0.25) is 0 Å². The quantitative estimate of drug-likeness (QED) is 0.266. The molecule has 4 rings (SSSR count). The van der Waals surface area contributed by atoms with Crippen LogP contribution in [-0.2, 0) is 12.8 Å². The summed E-state index contributed by atoms with van der Waals surface area (Å²) in [5.41, 5.74) is 3.97. The number of nitrogens with zero attached hydrogens (tertiary/aromatic N) is 3. The van der Waals surface area contributed by atoms with Crippen LogP contribution in [0.4, 0.5) is 0 Å². The molecule has 0 spiro atoms. The van der Waals surface area contributed by atoms with Crippen LogP contribution in [0.3, 0.4) is 0 Å². The Morgan fingerprint density at radius 2 is 1.81 bits per heavy atom. The molecule has 2 aromatic carbocycles. The van der Waals surface area contributed by atoms with Gasteiger partial charge in [-0.3, -0.25) is 13.9 Å². The van der Waals surface area contributed by atoms with Gasteiger partial charge in [0, 0.05) is 18.5 Å². The first-order valence-corrected chi connectivity index (χ1v) is 10.6. The average Bonchev–Trinajstić information content (AvgIpc) is 3.01. The molecule has 4 nitrogen and oxygen atoms in total. The molecular formula is C20H17N3OS3. The predicted molar refractivity (Wildman–Crippen MR) is 116 cm³/mol. The number of thiazole rings is 1. The Morgan fingerprint density at radius 3 is 2.56 bits per heavy atom. The van der Waals surface area contributed by atoms with Crippen LogP contribution in [0.1, 0.15) is 11.1 Å². The third kappa shape index (κ3) is 3.38. The number of aryl methyl sites for hydroxylation is 1. The second-order valence-electron chi connectivity index (χ2n) is 6.17. The molecule has 27 heavy (non-hydrogen) atoms. The zero-order valence-electron chi connectivity index (χ0n) is 14.9. The Bertz CT molecular complexity index is 1240. The Labute approximate surface area is 170 Å². The zero-order chi connectivity index (χ0) is 19.0. The number of thioether (sulfide) groups is 1. The molecule has 0 bridgehead atoms. The minimum Gasteiger partial charge on any atom is -0.289 e. The summed E-state index contributed by atoms with van der Waals surface area (Å²) < 4.78 is 4.72. The van der Waals surface area contributed by atoms with Crippen molar-refractivity contribution in [2.24, 2.45) is 7.05 Å². The monoisotopic (exact) mass is 411 g/mol. The van der Waals surface area contributed by atoms with Crippen LogP contribution in [0, 0.1) is 10.9 Å². The number of para-hydroxylation sites is 1. The summed E-state index contributed by atoms with van der Waals surface area (Å²) in [6, 6.07) is 18.1. The highest BCUT2D eigenvalue weighted by Crippen LogP contribution is 2.27. The Morgan fingerprint density at radius 1 is 1.11 bits per heavy atom. The van der Waals surface area contributed by atoms with Crippen molar-refractivity contribution in [1.82, 2.24) is 14.1 Å². The largest absolute Gasteiger partial charge is 0.289 e. The molecule has 0 aliphatic carbocycles. The van der Waals surface area contributed by atoms with Crippen LogP contribution in [0.5, 0.6) is 0 Å². The van der Waals surface area contributed by atoms with Gasteiger partial charge in [0.15, 0.2) is 14.8 Å². The third-order valence-electron chi connectivity index (χ3n) is 4.41. The van der Waals surface area contributed by atoms with Gasteiger partial charge < -0.3 is 0 Å². The lowest BCUT2D eigenvalue weighted by atomic mass is 10.1. The van der Waals surface area contributed by atoms with Crippen molar-refractivity contribution in [2.45, 2.75) is 17.8 Å². The maximum atomic E-state index is 12.9. The van der Waals surface area contributed by atoms with E-state index in [9.17, 15) is 4.79 Å². The molecule has 0 saturated heterocycles.